The molecule has 0 aliphatic carbocycles. The van der Waals surface area contributed by atoms with Crippen LogP contribution in [-0.4, -0.2) is 13.6 Å². The van der Waals surface area contributed by atoms with Gasteiger partial charge >= 0.3 is 194 Å². The van der Waals surface area contributed by atoms with Gasteiger partial charge in [-0.05, 0) is 0 Å². The Bertz CT molecular complexity index is 729. The van der Waals surface area contributed by atoms with Crippen molar-refractivity contribution >= 4 is 26.6 Å². The van der Waals surface area contributed by atoms with Crippen molar-refractivity contribution in [2.75, 3.05) is 0 Å². The summed E-state index contributed by atoms with van der Waals surface area (Å²) in [5.74, 6) is 0. The van der Waals surface area contributed by atoms with Crippen molar-refractivity contribution in [3.63, 3.8) is 0 Å². The summed E-state index contributed by atoms with van der Waals surface area (Å²) in [5, 5.41) is 1.33. The Balaban J connectivity index is 1.70. The molecule has 0 fully saturated rings. The Morgan fingerprint density at radius 2 is 0.742 bits per heavy atom. The Hall–Kier alpha value is -1.78. The predicted molar refractivity (Wildman–Crippen MR) is 141 cm³/mol. The zero-order valence-electron chi connectivity index (χ0n) is 19.4. The molecule has 0 radical (unpaired) electrons. The fourth-order valence-corrected chi connectivity index (χ4v) is 14.0. The molecule has 1 heteroatoms. The minimum absolute atomic E-state index is 1.33. The molecule has 3 aromatic carbocycles. The monoisotopic (exact) mass is 475 g/mol. The van der Waals surface area contributed by atoms with E-state index in [1.807, 2.05) is 0 Å². The molecule has 0 saturated carbocycles. The average molecular weight is 476 g/mol. The quantitative estimate of drug-likeness (QED) is 0.173. The molecule has 0 amide bonds. The van der Waals surface area contributed by atoms with E-state index < -0.39 is 13.6 Å². The van der Waals surface area contributed by atoms with Gasteiger partial charge < -0.3 is 0 Å². The van der Waals surface area contributed by atoms with E-state index in [1.54, 1.807) is 13.1 Å². The minimum atomic E-state index is -2.47. The van der Waals surface area contributed by atoms with Crippen LogP contribution in [0.25, 0.3) is 0 Å². The Kier molecular flexibility index (Phi) is 10.5. The van der Waals surface area contributed by atoms with Gasteiger partial charge in [0.1, 0.15) is 0 Å². The third-order valence-corrected chi connectivity index (χ3v) is 15.9. The van der Waals surface area contributed by atoms with E-state index in [4.69, 9.17) is 0 Å². The molecule has 0 aromatic heterocycles. The Morgan fingerprint density at radius 3 is 1.10 bits per heavy atom. The van der Waals surface area contributed by atoms with Crippen LogP contribution in [-0.2, 0) is 0 Å². The Labute approximate surface area is 193 Å². The summed E-state index contributed by atoms with van der Waals surface area (Å²) in [6, 6.07) is 34.2. The molecule has 0 heterocycles. The molecule has 3 rings (SSSR count). The standard InChI is InChI=1S/C30H40As/c1-2-3-4-5-6-7-8-9-10-20-27-31(28-21-14-11-15-22-28,29-23-16-12-17-24-29)30-25-18-13-19-26-30/h11-19,21-26H,2-10,20,27H2,1H3/q+1. The fraction of sp³-hybridized carbons (Fsp3) is 0.400. The molecular formula is C30H40As+. The first-order chi connectivity index (χ1) is 15.4. The van der Waals surface area contributed by atoms with Crippen LogP contribution in [0.15, 0.2) is 91.0 Å². The van der Waals surface area contributed by atoms with Crippen LogP contribution in [0.2, 0.25) is 5.21 Å². The Morgan fingerprint density at radius 1 is 0.419 bits per heavy atom. The number of benzene rings is 3. The van der Waals surface area contributed by atoms with Gasteiger partial charge in [0.2, 0.25) is 0 Å². The second-order valence-corrected chi connectivity index (χ2v) is 16.3. The molecule has 0 saturated heterocycles. The van der Waals surface area contributed by atoms with Crippen molar-refractivity contribution in [1.29, 1.82) is 0 Å². The normalized spacial score (nSPS) is 11.5. The molecular weight excluding hydrogens is 435 g/mol. The van der Waals surface area contributed by atoms with Crippen LogP contribution in [0.3, 0.4) is 0 Å². The summed E-state index contributed by atoms with van der Waals surface area (Å²) in [6.07, 6.45) is 14.0. The van der Waals surface area contributed by atoms with Crippen LogP contribution in [0.4, 0.5) is 0 Å². The maximum absolute atomic E-state index is 2.47. The van der Waals surface area contributed by atoms with Gasteiger partial charge in [0, 0.05) is 0 Å². The first-order valence-electron chi connectivity index (χ1n) is 12.4. The van der Waals surface area contributed by atoms with Gasteiger partial charge in [0.05, 0.1) is 0 Å². The van der Waals surface area contributed by atoms with Crippen LogP contribution in [0.1, 0.15) is 71.1 Å². The molecule has 164 valence electrons. The molecule has 0 spiro atoms. The molecule has 0 aliphatic heterocycles. The number of hydrogen-bond acceptors (Lipinski definition) is 0. The average Bonchev–Trinajstić information content (AvgIpc) is 2.84. The molecule has 0 unspecified atom stereocenters. The number of hydrogen-bond donors (Lipinski definition) is 0. The molecule has 0 bridgehead atoms. The van der Waals surface area contributed by atoms with Gasteiger partial charge in [-0.15, -0.1) is 0 Å². The second-order valence-electron chi connectivity index (χ2n) is 8.72. The third-order valence-electron chi connectivity index (χ3n) is 6.44. The van der Waals surface area contributed by atoms with Crippen LogP contribution < -0.4 is 13.1 Å². The van der Waals surface area contributed by atoms with Gasteiger partial charge in [-0.3, -0.25) is 0 Å². The summed E-state index contributed by atoms with van der Waals surface area (Å²) in [6.45, 7) is 2.30. The van der Waals surface area contributed by atoms with E-state index in [-0.39, 0.29) is 0 Å². The second kappa shape index (κ2) is 13.6. The summed E-state index contributed by atoms with van der Waals surface area (Å²) < 4.78 is 4.73. The van der Waals surface area contributed by atoms with E-state index in [0.717, 1.165) is 0 Å². The summed E-state index contributed by atoms with van der Waals surface area (Å²) in [7, 11) is 0. The van der Waals surface area contributed by atoms with Crippen molar-refractivity contribution in [3.05, 3.63) is 91.0 Å². The van der Waals surface area contributed by atoms with Crippen LogP contribution in [0.5, 0.6) is 0 Å². The molecule has 0 nitrogen and oxygen atoms in total. The number of rotatable bonds is 14. The topological polar surface area (TPSA) is 0 Å². The van der Waals surface area contributed by atoms with Crippen molar-refractivity contribution in [2.45, 2.75) is 76.3 Å². The van der Waals surface area contributed by atoms with E-state index in [0.29, 0.717) is 0 Å². The maximum atomic E-state index is 2.39. The SMILES string of the molecule is CCCCCCCCCCCC[As+](c1ccccc1)(c1ccccc1)c1ccccc1. The van der Waals surface area contributed by atoms with Crippen LogP contribution >= 0.6 is 0 Å². The van der Waals surface area contributed by atoms with E-state index in [1.165, 1.54) is 69.4 Å². The van der Waals surface area contributed by atoms with Crippen molar-refractivity contribution in [3.8, 4) is 0 Å². The zero-order chi connectivity index (χ0) is 21.6. The molecule has 31 heavy (non-hydrogen) atoms. The predicted octanol–water partition coefficient (Wildman–Crippen LogP) is 7.08. The van der Waals surface area contributed by atoms with Crippen LogP contribution in [0, 0.1) is 0 Å². The van der Waals surface area contributed by atoms with Gasteiger partial charge in [-0.25, -0.2) is 0 Å². The molecule has 3 aromatic rings. The van der Waals surface area contributed by atoms with E-state index in [9.17, 15) is 0 Å². The van der Waals surface area contributed by atoms with E-state index >= 15 is 0 Å². The number of unbranched alkanes of at least 4 members (excludes halogenated alkanes) is 9. The zero-order valence-corrected chi connectivity index (χ0v) is 21.3. The first kappa shape index (κ1) is 23.9. The van der Waals surface area contributed by atoms with Crippen molar-refractivity contribution in [2.24, 2.45) is 0 Å². The summed E-state index contributed by atoms with van der Waals surface area (Å²) in [4.78, 5) is 0. The first-order valence-corrected chi connectivity index (χ1v) is 16.6. The molecule has 0 atom stereocenters. The van der Waals surface area contributed by atoms with Gasteiger partial charge in [0.15, 0.2) is 0 Å². The third kappa shape index (κ3) is 6.85. The summed E-state index contributed by atoms with van der Waals surface area (Å²) >= 11 is -2.47. The fourth-order valence-electron chi connectivity index (χ4n) is 4.72. The van der Waals surface area contributed by atoms with Crippen molar-refractivity contribution < 1.29 is 0 Å². The van der Waals surface area contributed by atoms with Crippen molar-refractivity contribution in [1.82, 2.24) is 0 Å². The van der Waals surface area contributed by atoms with Gasteiger partial charge in [-0.2, -0.15) is 0 Å². The molecule has 0 N–H and O–H groups in total. The van der Waals surface area contributed by atoms with E-state index in [2.05, 4.69) is 97.9 Å². The molecule has 0 aliphatic rings. The summed E-state index contributed by atoms with van der Waals surface area (Å²) in [5.41, 5.74) is 0. The van der Waals surface area contributed by atoms with Gasteiger partial charge in [0.25, 0.3) is 0 Å². The van der Waals surface area contributed by atoms with Gasteiger partial charge in [-0.1, -0.05) is 0 Å².